The van der Waals surface area contributed by atoms with E-state index in [9.17, 15) is 0 Å². The van der Waals surface area contributed by atoms with Crippen LogP contribution >= 0.6 is 0 Å². The SMILES string of the molecule is C[Si](C)C.[C-]1=CC=CC1.[V].c1ccccc1. The summed E-state index contributed by atoms with van der Waals surface area (Å²) in [5.41, 5.74) is 0. The van der Waals surface area contributed by atoms with E-state index in [2.05, 4.69) is 31.8 Å². The second-order valence-corrected chi connectivity index (χ2v) is 6.66. The molecule has 0 aliphatic heterocycles. The molecule has 1 aromatic rings. The summed E-state index contributed by atoms with van der Waals surface area (Å²) in [5.74, 6) is 0. The third kappa shape index (κ3) is 19.1. The Hall–Kier alpha value is -0.499. The summed E-state index contributed by atoms with van der Waals surface area (Å²) in [4.78, 5) is 0. The molecule has 0 saturated heterocycles. The second kappa shape index (κ2) is 14.5. The molecule has 2 radical (unpaired) electrons. The predicted octanol–water partition coefficient (Wildman–Crippen LogP) is 4.36. The number of allylic oxidation sites excluding steroid dienone is 4. The van der Waals surface area contributed by atoms with Gasteiger partial charge in [0.05, 0.1) is 0 Å². The van der Waals surface area contributed by atoms with E-state index in [1.807, 2.05) is 48.6 Å². The van der Waals surface area contributed by atoms with Gasteiger partial charge in [-0.1, -0.05) is 56.0 Å². The summed E-state index contributed by atoms with van der Waals surface area (Å²) in [6, 6.07) is 12.0. The molecule has 0 bridgehead atoms. The van der Waals surface area contributed by atoms with Crippen molar-refractivity contribution in [3.8, 4) is 0 Å². The summed E-state index contributed by atoms with van der Waals surface area (Å²) < 4.78 is 0. The minimum atomic E-state index is 0. The zero-order chi connectivity index (χ0) is 11.4. The summed E-state index contributed by atoms with van der Waals surface area (Å²) in [7, 11) is 0.120. The van der Waals surface area contributed by atoms with Gasteiger partial charge in [-0.2, -0.15) is 6.08 Å². The Balaban J connectivity index is 0. The van der Waals surface area contributed by atoms with Gasteiger partial charge in [-0.15, -0.1) is 6.42 Å². The number of hydrogen-bond acceptors (Lipinski definition) is 0. The molecule has 2 rings (SSSR count). The Labute approximate surface area is 114 Å². The van der Waals surface area contributed by atoms with Gasteiger partial charge >= 0.3 is 0 Å². The monoisotopic (exact) mass is 267 g/mol. The Morgan fingerprint density at radius 2 is 1.25 bits per heavy atom. The van der Waals surface area contributed by atoms with Gasteiger partial charge in [0.15, 0.2) is 0 Å². The zero-order valence-electron chi connectivity index (χ0n) is 10.4. The predicted molar refractivity (Wildman–Crippen MR) is 71.4 cm³/mol. The van der Waals surface area contributed by atoms with Crippen LogP contribution in [0, 0.1) is 6.08 Å². The minimum absolute atomic E-state index is 0. The molecule has 0 aromatic heterocycles. The van der Waals surface area contributed by atoms with Crippen molar-refractivity contribution in [1.29, 1.82) is 0 Å². The fourth-order valence-corrected chi connectivity index (χ4v) is 0.725. The summed E-state index contributed by atoms with van der Waals surface area (Å²) >= 11 is 0. The van der Waals surface area contributed by atoms with Crippen molar-refractivity contribution in [2.45, 2.75) is 26.1 Å². The molecule has 0 N–H and O–H groups in total. The molecule has 0 unspecified atom stereocenters. The first-order chi connectivity index (χ1) is 7.23. The quantitative estimate of drug-likeness (QED) is 0.484. The first kappa shape index (κ1) is 17.9. The Kier molecular flexibility index (Phi) is 16.2. The van der Waals surface area contributed by atoms with Crippen LogP contribution in [0.2, 0.25) is 19.6 Å². The maximum Gasteiger partial charge on any atom is 0.0379 e. The topological polar surface area (TPSA) is 0 Å². The molecule has 86 valence electrons. The Morgan fingerprint density at radius 3 is 1.38 bits per heavy atom. The van der Waals surface area contributed by atoms with Crippen molar-refractivity contribution in [3.05, 3.63) is 60.7 Å². The van der Waals surface area contributed by atoms with Crippen LogP contribution in [0.3, 0.4) is 0 Å². The molecule has 16 heavy (non-hydrogen) atoms. The van der Waals surface area contributed by atoms with Crippen LogP contribution in [-0.4, -0.2) is 8.80 Å². The van der Waals surface area contributed by atoms with Gasteiger partial charge in [-0.3, -0.25) is 6.08 Å². The molecule has 1 aromatic carbocycles. The molecule has 0 nitrogen and oxygen atoms in total. The maximum absolute atomic E-state index is 2.99. The van der Waals surface area contributed by atoms with Crippen LogP contribution in [-0.2, 0) is 18.6 Å². The summed E-state index contributed by atoms with van der Waals surface area (Å²) in [6.45, 7) is 6.81. The van der Waals surface area contributed by atoms with Crippen molar-refractivity contribution in [3.63, 3.8) is 0 Å². The fraction of sp³-hybridized carbons (Fsp3) is 0.286. The molecule has 0 saturated carbocycles. The number of rotatable bonds is 0. The largest absolute Gasteiger partial charge is 0.273 e. The normalized spacial score (nSPS) is 10.8. The third-order valence-corrected chi connectivity index (χ3v) is 1.25. The van der Waals surface area contributed by atoms with Gasteiger partial charge in [0.1, 0.15) is 0 Å². The maximum atomic E-state index is 2.99. The van der Waals surface area contributed by atoms with Crippen LogP contribution < -0.4 is 0 Å². The van der Waals surface area contributed by atoms with E-state index in [0.29, 0.717) is 0 Å². The summed E-state index contributed by atoms with van der Waals surface area (Å²) in [5, 5.41) is 0. The Bertz CT molecular complexity index is 226. The molecule has 2 heteroatoms. The number of benzene rings is 1. The van der Waals surface area contributed by atoms with Gasteiger partial charge in [0.25, 0.3) is 0 Å². The van der Waals surface area contributed by atoms with Crippen LogP contribution in [0.25, 0.3) is 0 Å². The van der Waals surface area contributed by atoms with Gasteiger partial charge < -0.3 is 0 Å². The van der Waals surface area contributed by atoms with Gasteiger partial charge in [0, 0.05) is 27.4 Å². The third-order valence-electron chi connectivity index (χ3n) is 1.25. The van der Waals surface area contributed by atoms with E-state index in [4.69, 9.17) is 0 Å². The van der Waals surface area contributed by atoms with E-state index < -0.39 is 0 Å². The molecule has 1 aliphatic rings. The van der Waals surface area contributed by atoms with E-state index in [1.165, 1.54) is 0 Å². The minimum Gasteiger partial charge on any atom is -0.273 e. The summed E-state index contributed by atoms with van der Waals surface area (Å²) in [6.07, 6.45) is 10.0. The van der Waals surface area contributed by atoms with Crippen LogP contribution in [0.5, 0.6) is 0 Å². The van der Waals surface area contributed by atoms with E-state index in [1.54, 1.807) is 0 Å². The van der Waals surface area contributed by atoms with Crippen LogP contribution in [0.1, 0.15) is 6.42 Å². The van der Waals surface area contributed by atoms with E-state index >= 15 is 0 Å². The molecule has 1 aliphatic carbocycles. The smallest absolute Gasteiger partial charge is 0.0379 e. The first-order valence-corrected chi connectivity index (χ1v) is 8.22. The average molecular weight is 267 g/mol. The van der Waals surface area contributed by atoms with Crippen molar-refractivity contribution in [1.82, 2.24) is 0 Å². The van der Waals surface area contributed by atoms with Gasteiger partial charge in [-0.05, 0) is 0 Å². The fourth-order valence-electron chi connectivity index (χ4n) is 0.725. The van der Waals surface area contributed by atoms with Crippen LogP contribution in [0.15, 0.2) is 54.6 Å². The molecular formula is C14H20SiV-. The molecular weight excluding hydrogens is 247 g/mol. The first-order valence-electron chi connectivity index (χ1n) is 5.22. The zero-order valence-corrected chi connectivity index (χ0v) is 12.7. The van der Waals surface area contributed by atoms with Gasteiger partial charge in [-0.25, -0.2) is 12.2 Å². The van der Waals surface area contributed by atoms with Crippen LogP contribution in [0.4, 0.5) is 0 Å². The average Bonchev–Trinajstić information content (AvgIpc) is 2.77. The number of hydrogen-bond donors (Lipinski definition) is 0. The second-order valence-electron chi connectivity index (χ2n) is 3.66. The van der Waals surface area contributed by atoms with E-state index in [0.717, 1.165) is 6.42 Å². The van der Waals surface area contributed by atoms with Gasteiger partial charge in [0.2, 0.25) is 0 Å². The molecule has 0 heterocycles. The van der Waals surface area contributed by atoms with Crippen molar-refractivity contribution in [2.75, 3.05) is 0 Å². The molecule has 0 fully saturated rings. The van der Waals surface area contributed by atoms with Crippen molar-refractivity contribution < 1.29 is 18.6 Å². The van der Waals surface area contributed by atoms with Crippen molar-refractivity contribution in [2.24, 2.45) is 0 Å². The molecule has 0 spiro atoms. The molecule has 0 amide bonds. The van der Waals surface area contributed by atoms with Crippen molar-refractivity contribution >= 4 is 8.80 Å². The Morgan fingerprint density at radius 1 is 0.875 bits per heavy atom. The van der Waals surface area contributed by atoms with E-state index in [-0.39, 0.29) is 27.4 Å². The molecule has 0 atom stereocenters. The standard InChI is InChI=1S/C6H6.C5H5.C3H9Si.V/c1-2-4-6-5-3-1;1-2-4-5-3-1;1-4(2)3;/h1-6H;1-3H,4H2;1-3H3;/q;-1;;.